The number of aryl methyl sites for hydroxylation is 1. The molecule has 0 aliphatic heterocycles. The standard InChI is InChI=1S/C8H6ClF5S/c1-4-2-3-5(15-4)6(9)7(10,11)8(12,13)14/h2-3,6H,1H3. The first-order valence-electron chi connectivity index (χ1n) is 3.81. The van der Waals surface area contributed by atoms with E-state index in [1.165, 1.54) is 12.1 Å². The Bertz CT molecular complexity index is 343. The summed E-state index contributed by atoms with van der Waals surface area (Å²) in [6.07, 6.45) is -5.63. The molecule has 0 amide bonds. The molecule has 0 aromatic carbocycles. The fourth-order valence-electron chi connectivity index (χ4n) is 0.912. The molecule has 1 aromatic heterocycles. The van der Waals surface area contributed by atoms with Gasteiger partial charge in [0.25, 0.3) is 0 Å². The largest absolute Gasteiger partial charge is 0.455 e. The Morgan fingerprint density at radius 2 is 1.73 bits per heavy atom. The molecule has 0 aliphatic rings. The van der Waals surface area contributed by atoms with Crippen LogP contribution >= 0.6 is 22.9 Å². The van der Waals surface area contributed by atoms with Crippen LogP contribution in [0.3, 0.4) is 0 Å². The highest BCUT2D eigenvalue weighted by Crippen LogP contribution is 2.49. The molecule has 1 aromatic rings. The predicted molar refractivity (Wildman–Crippen MR) is 48.7 cm³/mol. The van der Waals surface area contributed by atoms with Crippen molar-refractivity contribution in [1.82, 2.24) is 0 Å². The van der Waals surface area contributed by atoms with Gasteiger partial charge >= 0.3 is 12.1 Å². The highest BCUT2D eigenvalue weighted by molar-refractivity contribution is 7.12. The minimum absolute atomic E-state index is 0.184. The first-order chi connectivity index (χ1) is 6.66. The normalized spacial score (nSPS) is 15.4. The van der Waals surface area contributed by atoms with Gasteiger partial charge in [0.1, 0.15) is 5.38 Å². The lowest BCUT2D eigenvalue weighted by Gasteiger charge is -2.23. The van der Waals surface area contributed by atoms with Crippen LogP contribution in [-0.4, -0.2) is 12.1 Å². The lowest BCUT2D eigenvalue weighted by atomic mass is 10.2. The Hall–Kier alpha value is -0.360. The van der Waals surface area contributed by atoms with Crippen LogP contribution in [0.1, 0.15) is 15.1 Å². The smallest absolute Gasteiger partial charge is 0.194 e. The highest BCUT2D eigenvalue weighted by Gasteiger charge is 2.62. The first kappa shape index (κ1) is 12.7. The van der Waals surface area contributed by atoms with E-state index in [-0.39, 0.29) is 4.88 Å². The molecule has 1 rings (SSSR count). The van der Waals surface area contributed by atoms with Gasteiger partial charge in [0.2, 0.25) is 0 Å². The van der Waals surface area contributed by atoms with Crippen molar-refractivity contribution in [3.63, 3.8) is 0 Å². The Morgan fingerprint density at radius 1 is 1.20 bits per heavy atom. The zero-order chi connectivity index (χ0) is 11.9. The monoisotopic (exact) mass is 264 g/mol. The maximum absolute atomic E-state index is 12.8. The van der Waals surface area contributed by atoms with Crippen LogP contribution in [0, 0.1) is 6.92 Å². The van der Waals surface area contributed by atoms with Crippen molar-refractivity contribution in [2.45, 2.75) is 24.4 Å². The molecule has 0 radical (unpaired) electrons. The van der Waals surface area contributed by atoms with E-state index in [1.807, 2.05) is 0 Å². The second kappa shape index (κ2) is 3.90. The van der Waals surface area contributed by atoms with E-state index >= 15 is 0 Å². The van der Waals surface area contributed by atoms with Crippen LogP contribution in [0.5, 0.6) is 0 Å². The summed E-state index contributed by atoms with van der Waals surface area (Å²) in [5, 5.41) is -2.36. The van der Waals surface area contributed by atoms with Crippen LogP contribution in [0.2, 0.25) is 0 Å². The number of hydrogen-bond acceptors (Lipinski definition) is 1. The van der Waals surface area contributed by atoms with E-state index in [4.69, 9.17) is 11.6 Å². The molecule has 0 spiro atoms. The number of rotatable bonds is 2. The highest BCUT2D eigenvalue weighted by atomic mass is 35.5. The van der Waals surface area contributed by atoms with Crippen molar-refractivity contribution in [2.24, 2.45) is 0 Å². The fraction of sp³-hybridized carbons (Fsp3) is 0.500. The van der Waals surface area contributed by atoms with E-state index in [0.29, 0.717) is 4.88 Å². The molecule has 1 atom stereocenters. The van der Waals surface area contributed by atoms with Gasteiger partial charge in [-0.2, -0.15) is 22.0 Å². The molecule has 0 saturated heterocycles. The molecule has 1 heterocycles. The van der Waals surface area contributed by atoms with E-state index in [9.17, 15) is 22.0 Å². The predicted octanol–water partition coefficient (Wildman–Crippen LogP) is 4.53. The molecule has 0 nitrogen and oxygen atoms in total. The van der Waals surface area contributed by atoms with Gasteiger partial charge in [0.05, 0.1) is 0 Å². The SMILES string of the molecule is Cc1ccc(C(Cl)C(F)(F)C(F)(F)F)s1. The summed E-state index contributed by atoms with van der Waals surface area (Å²) in [7, 11) is 0. The quantitative estimate of drug-likeness (QED) is 0.544. The van der Waals surface area contributed by atoms with Crippen LogP contribution in [-0.2, 0) is 0 Å². The summed E-state index contributed by atoms with van der Waals surface area (Å²) >= 11 is 5.96. The maximum Gasteiger partial charge on any atom is 0.455 e. The van der Waals surface area contributed by atoms with Gasteiger partial charge in [0.15, 0.2) is 0 Å². The second-order valence-corrected chi connectivity index (χ2v) is 4.69. The van der Waals surface area contributed by atoms with E-state index in [0.717, 1.165) is 11.3 Å². The molecule has 86 valence electrons. The molecule has 1 unspecified atom stereocenters. The first-order valence-corrected chi connectivity index (χ1v) is 5.06. The fourth-order valence-corrected chi connectivity index (χ4v) is 2.14. The lowest BCUT2D eigenvalue weighted by Crippen LogP contribution is -2.39. The maximum atomic E-state index is 12.8. The third kappa shape index (κ3) is 2.42. The van der Waals surface area contributed by atoms with Gasteiger partial charge in [-0.25, -0.2) is 0 Å². The third-order valence-corrected chi connectivity index (χ3v) is 3.41. The molecule has 0 bridgehead atoms. The Labute approximate surface area is 91.7 Å². The van der Waals surface area contributed by atoms with Crippen LogP contribution < -0.4 is 0 Å². The number of thiophene rings is 1. The van der Waals surface area contributed by atoms with Gasteiger partial charge in [-0.15, -0.1) is 22.9 Å². The average molecular weight is 265 g/mol. The van der Waals surface area contributed by atoms with E-state index in [2.05, 4.69) is 0 Å². The van der Waals surface area contributed by atoms with Crippen molar-refractivity contribution in [3.05, 3.63) is 21.9 Å². The van der Waals surface area contributed by atoms with Crippen LogP contribution in [0.4, 0.5) is 22.0 Å². The zero-order valence-corrected chi connectivity index (χ0v) is 8.98. The molecule has 0 saturated carbocycles. The van der Waals surface area contributed by atoms with Gasteiger partial charge in [-0.1, -0.05) is 0 Å². The van der Waals surface area contributed by atoms with Crippen LogP contribution in [0.25, 0.3) is 0 Å². The minimum Gasteiger partial charge on any atom is -0.194 e. The second-order valence-electron chi connectivity index (χ2n) is 2.93. The van der Waals surface area contributed by atoms with E-state index in [1.54, 1.807) is 6.92 Å². The number of halogens is 6. The zero-order valence-electron chi connectivity index (χ0n) is 7.41. The molecule has 7 heteroatoms. The van der Waals surface area contributed by atoms with Crippen molar-refractivity contribution in [1.29, 1.82) is 0 Å². The summed E-state index contributed by atoms with van der Waals surface area (Å²) in [5.74, 6) is -4.91. The van der Waals surface area contributed by atoms with Crippen LogP contribution in [0.15, 0.2) is 12.1 Å². The number of hydrogen-bond donors (Lipinski definition) is 0. The summed E-state index contributed by atoms with van der Waals surface area (Å²) in [5.41, 5.74) is 0. The molecule has 0 aliphatic carbocycles. The summed E-state index contributed by atoms with van der Waals surface area (Å²) in [6.45, 7) is 1.60. The van der Waals surface area contributed by atoms with E-state index < -0.39 is 17.5 Å². The molecular formula is C8H6ClF5S. The summed E-state index contributed by atoms with van der Waals surface area (Å²) in [6, 6.07) is 2.62. The van der Waals surface area contributed by atoms with Crippen molar-refractivity contribution in [2.75, 3.05) is 0 Å². The van der Waals surface area contributed by atoms with Crippen molar-refractivity contribution < 1.29 is 22.0 Å². The number of alkyl halides is 6. The van der Waals surface area contributed by atoms with Crippen molar-refractivity contribution >= 4 is 22.9 Å². The van der Waals surface area contributed by atoms with Crippen molar-refractivity contribution in [3.8, 4) is 0 Å². The summed E-state index contributed by atoms with van der Waals surface area (Å²) in [4.78, 5) is 0.449. The summed E-state index contributed by atoms with van der Waals surface area (Å²) < 4.78 is 61.4. The topological polar surface area (TPSA) is 0 Å². The minimum atomic E-state index is -5.63. The van der Waals surface area contributed by atoms with Gasteiger partial charge in [-0.3, -0.25) is 0 Å². The van der Waals surface area contributed by atoms with Gasteiger partial charge in [-0.05, 0) is 19.1 Å². The molecule has 0 fully saturated rings. The average Bonchev–Trinajstić information content (AvgIpc) is 2.48. The molecular weight excluding hydrogens is 259 g/mol. The Kier molecular flexibility index (Phi) is 3.30. The third-order valence-electron chi connectivity index (χ3n) is 1.71. The van der Waals surface area contributed by atoms with Gasteiger partial charge in [0, 0.05) is 9.75 Å². The lowest BCUT2D eigenvalue weighted by molar-refractivity contribution is -0.283. The molecule has 0 N–H and O–H groups in total. The Balaban J connectivity index is 2.99. The van der Waals surface area contributed by atoms with Gasteiger partial charge < -0.3 is 0 Å². The molecule has 15 heavy (non-hydrogen) atoms. The Morgan fingerprint density at radius 3 is 2.07 bits per heavy atom.